The fourth-order valence-corrected chi connectivity index (χ4v) is 1.66. The minimum Gasteiger partial charge on any atom is -0.397 e. The van der Waals surface area contributed by atoms with E-state index < -0.39 is 0 Å². The van der Waals surface area contributed by atoms with Crippen molar-refractivity contribution in [1.82, 2.24) is 9.88 Å². The molecule has 0 aliphatic carbocycles. The minimum atomic E-state index is 0.000633. The maximum Gasteiger partial charge on any atom is 0.241 e. The van der Waals surface area contributed by atoms with Crippen LogP contribution in [0.25, 0.3) is 10.9 Å². The summed E-state index contributed by atoms with van der Waals surface area (Å²) in [7, 11) is 3.44. The molecule has 18 heavy (non-hydrogen) atoms. The zero-order valence-corrected chi connectivity index (χ0v) is 10.5. The molecule has 0 unspecified atom stereocenters. The summed E-state index contributed by atoms with van der Waals surface area (Å²) in [4.78, 5) is 17.3. The van der Waals surface area contributed by atoms with Gasteiger partial charge in [0.25, 0.3) is 0 Å². The fraction of sp³-hybridized carbons (Fsp3) is 0.231. The van der Waals surface area contributed by atoms with Gasteiger partial charge in [-0.3, -0.25) is 9.78 Å². The lowest BCUT2D eigenvalue weighted by Crippen LogP contribution is -2.28. The number of likely N-dealkylation sites (N-methyl/N-ethyl adjacent to an activating group) is 1. The van der Waals surface area contributed by atoms with Crippen LogP contribution in [0.4, 0.5) is 11.4 Å². The number of nitrogens with two attached hydrogens (primary N) is 1. The summed E-state index contributed by atoms with van der Waals surface area (Å²) in [6.07, 6.45) is 1.73. The summed E-state index contributed by atoms with van der Waals surface area (Å²) >= 11 is 0. The summed E-state index contributed by atoms with van der Waals surface area (Å²) < 4.78 is 0. The van der Waals surface area contributed by atoms with E-state index in [1.54, 1.807) is 20.3 Å². The molecule has 3 N–H and O–H groups in total. The first-order valence-corrected chi connectivity index (χ1v) is 5.67. The van der Waals surface area contributed by atoms with Crippen LogP contribution in [0.15, 0.2) is 30.5 Å². The Morgan fingerprint density at radius 2 is 2.17 bits per heavy atom. The van der Waals surface area contributed by atoms with Crippen molar-refractivity contribution in [1.29, 1.82) is 0 Å². The first kappa shape index (κ1) is 12.2. The maximum absolute atomic E-state index is 11.5. The van der Waals surface area contributed by atoms with Crippen molar-refractivity contribution in [2.75, 3.05) is 31.7 Å². The van der Waals surface area contributed by atoms with E-state index in [4.69, 9.17) is 5.73 Å². The number of fused-ring (bicyclic) bond motifs is 1. The molecule has 5 nitrogen and oxygen atoms in total. The van der Waals surface area contributed by atoms with E-state index in [1.165, 1.54) is 4.90 Å². The Labute approximate surface area is 106 Å². The van der Waals surface area contributed by atoms with E-state index in [0.717, 1.165) is 16.6 Å². The molecule has 0 bridgehead atoms. The lowest BCUT2D eigenvalue weighted by molar-refractivity contribution is -0.126. The van der Waals surface area contributed by atoms with Crippen LogP contribution in [0.3, 0.4) is 0 Å². The van der Waals surface area contributed by atoms with Gasteiger partial charge in [0.05, 0.1) is 23.4 Å². The number of nitrogen functional groups attached to an aromatic ring is 1. The number of amides is 1. The van der Waals surface area contributed by atoms with Gasteiger partial charge in [-0.2, -0.15) is 0 Å². The average Bonchev–Trinajstić information content (AvgIpc) is 2.38. The number of carbonyl (C=O) groups excluding carboxylic acids is 1. The van der Waals surface area contributed by atoms with Crippen molar-refractivity contribution < 1.29 is 4.79 Å². The number of nitrogens with zero attached hydrogens (tertiary/aromatic N) is 2. The van der Waals surface area contributed by atoms with E-state index in [-0.39, 0.29) is 12.5 Å². The Kier molecular flexibility index (Phi) is 3.32. The topological polar surface area (TPSA) is 71.2 Å². The molecule has 2 aromatic rings. The number of pyridine rings is 1. The Morgan fingerprint density at radius 1 is 1.39 bits per heavy atom. The van der Waals surface area contributed by atoms with E-state index in [1.807, 2.05) is 24.3 Å². The van der Waals surface area contributed by atoms with Gasteiger partial charge in [0.15, 0.2) is 0 Å². The van der Waals surface area contributed by atoms with Crippen molar-refractivity contribution >= 4 is 28.2 Å². The van der Waals surface area contributed by atoms with E-state index in [0.29, 0.717) is 5.69 Å². The monoisotopic (exact) mass is 244 g/mol. The number of nitrogens with one attached hydrogen (secondary N) is 1. The van der Waals surface area contributed by atoms with Gasteiger partial charge in [-0.1, -0.05) is 0 Å². The molecule has 94 valence electrons. The molecular formula is C13H16N4O. The number of anilines is 2. The number of carbonyl (C=O) groups is 1. The lowest BCUT2D eigenvalue weighted by Gasteiger charge is -2.14. The summed E-state index contributed by atoms with van der Waals surface area (Å²) in [5.41, 5.74) is 8.27. The van der Waals surface area contributed by atoms with Crippen molar-refractivity contribution in [3.05, 3.63) is 30.5 Å². The molecule has 5 heteroatoms. The molecule has 0 aliphatic heterocycles. The van der Waals surface area contributed by atoms with E-state index >= 15 is 0 Å². The highest BCUT2D eigenvalue weighted by atomic mass is 16.2. The van der Waals surface area contributed by atoms with E-state index in [2.05, 4.69) is 10.3 Å². The highest BCUT2D eigenvalue weighted by Crippen LogP contribution is 2.27. The molecule has 1 aromatic heterocycles. The molecule has 0 aliphatic rings. The Hall–Kier alpha value is -2.30. The molecule has 0 saturated heterocycles. The first-order chi connectivity index (χ1) is 8.59. The molecule has 0 radical (unpaired) electrons. The predicted octanol–water partition coefficient (Wildman–Crippen LogP) is 1.32. The Bertz CT molecular complexity index is 580. The smallest absolute Gasteiger partial charge is 0.241 e. The highest BCUT2D eigenvalue weighted by Gasteiger charge is 2.07. The van der Waals surface area contributed by atoms with Gasteiger partial charge in [-0.25, -0.2) is 0 Å². The SMILES string of the molecule is CN(C)C(=O)CNc1ccc2ncccc2c1N. The second kappa shape index (κ2) is 4.91. The standard InChI is InChI=1S/C13H16N4O/c1-17(2)12(18)8-16-11-6-5-10-9(13(11)14)4-3-7-15-10/h3-7,16H,8,14H2,1-2H3. The quantitative estimate of drug-likeness (QED) is 0.799. The highest BCUT2D eigenvalue weighted by molar-refractivity contribution is 5.97. The number of aromatic nitrogens is 1. The summed E-state index contributed by atoms with van der Waals surface area (Å²) in [6.45, 7) is 0.225. The number of hydrogen-bond acceptors (Lipinski definition) is 4. The average molecular weight is 244 g/mol. The molecular weight excluding hydrogens is 228 g/mol. The fourth-order valence-electron chi connectivity index (χ4n) is 1.66. The van der Waals surface area contributed by atoms with Crippen LogP contribution < -0.4 is 11.1 Å². The van der Waals surface area contributed by atoms with Crippen LogP contribution in [-0.2, 0) is 4.79 Å². The van der Waals surface area contributed by atoms with Crippen molar-refractivity contribution in [3.63, 3.8) is 0 Å². The van der Waals surface area contributed by atoms with Gasteiger partial charge in [0, 0.05) is 25.7 Å². The summed E-state index contributed by atoms with van der Waals surface area (Å²) in [5.74, 6) is 0.000633. The number of hydrogen-bond donors (Lipinski definition) is 2. The third kappa shape index (κ3) is 2.34. The van der Waals surface area contributed by atoms with Crippen LogP contribution in [0, 0.1) is 0 Å². The lowest BCUT2D eigenvalue weighted by atomic mass is 10.1. The normalized spacial score (nSPS) is 10.3. The van der Waals surface area contributed by atoms with E-state index in [9.17, 15) is 4.79 Å². The zero-order valence-electron chi connectivity index (χ0n) is 10.5. The number of rotatable bonds is 3. The summed E-state index contributed by atoms with van der Waals surface area (Å²) in [5, 5.41) is 3.93. The molecule has 0 saturated carbocycles. The van der Waals surface area contributed by atoms with Crippen LogP contribution in [0.5, 0.6) is 0 Å². The largest absolute Gasteiger partial charge is 0.397 e. The molecule has 0 spiro atoms. The summed E-state index contributed by atoms with van der Waals surface area (Å²) in [6, 6.07) is 7.48. The van der Waals surface area contributed by atoms with Gasteiger partial charge < -0.3 is 16.0 Å². The van der Waals surface area contributed by atoms with Crippen LogP contribution >= 0.6 is 0 Å². The van der Waals surface area contributed by atoms with Gasteiger partial charge in [-0.15, -0.1) is 0 Å². The van der Waals surface area contributed by atoms with Crippen LogP contribution in [-0.4, -0.2) is 36.4 Å². The van der Waals surface area contributed by atoms with Crippen molar-refractivity contribution in [2.45, 2.75) is 0 Å². The molecule has 0 atom stereocenters. The number of benzene rings is 1. The van der Waals surface area contributed by atoms with Gasteiger partial charge in [0.2, 0.25) is 5.91 Å². The Morgan fingerprint density at radius 3 is 2.89 bits per heavy atom. The second-order valence-electron chi connectivity index (χ2n) is 4.24. The molecule has 0 fully saturated rings. The maximum atomic E-state index is 11.5. The minimum absolute atomic E-state index is 0.000633. The molecule has 1 amide bonds. The molecule has 1 heterocycles. The third-order valence-electron chi connectivity index (χ3n) is 2.76. The Balaban J connectivity index is 2.24. The molecule has 1 aromatic carbocycles. The van der Waals surface area contributed by atoms with Gasteiger partial charge in [0.1, 0.15) is 0 Å². The van der Waals surface area contributed by atoms with Crippen molar-refractivity contribution in [3.8, 4) is 0 Å². The first-order valence-electron chi connectivity index (χ1n) is 5.67. The second-order valence-corrected chi connectivity index (χ2v) is 4.24. The third-order valence-corrected chi connectivity index (χ3v) is 2.76. The molecule has 2 rings (SSSR count). The van der Waals surface area contributed by atoms with Gasteiger partial charge >= 0.3 is 0 Å². The van der Waals surface area contributed by atoms with Crippen LogP contribution in [0.2, 0.25) is 0 Å². The zero-order chi connectivity index (χ0) is 13.1. The van der Waals surface area contributed by atoms with Crippen molar-refractivity contribution in [2.24, 2.45) is 0 Å². The van der Waals surface area contributed by atoms with Gasteiger partial charge in [-0.05, 0) is 24.3 Å². The van der Waals surface area contributed by atoms with Crippen LogP contribution in [0.1, 0.15) is 0 Å². The predicted molar refractivity (Wildman–Crippen MR) is 73.3 cm³/mol.